The minimum Gasteiger partial charge on any atom is -0.478 e. The topological polar surface area (TPSA) is 86.7 Å². The number of alkyl halides is 2. The number of rotatable bonds is 5. The van der Waals surface area contributed by atoms with Crippen molar-refractivity contribution in [2.45, 2.75) is 25.3 Å². The van der Waals surface area contributed by atoms with Crippen LogP contribution in [0.1, 0.15) is 35.3 Å². The second-order valence-electron chi connectivity index (χ2n) is 5.21. The Balaban J connectivity index is 2.07. The smallest absolute Gasteiger partial charge is 0.335 e. The van der Waals surface area contributed by atoms with Crippen LogP contribution in [-0.2, 0) is 10.2 Å². The maximum atomic E-state index is 13.1. The Morgan fingerprint density at radius 3 is 2.41 bits per heavy atom. The Labute approximate surface area is 126 Å². The molecule has 0 aliphatic carbocycles. The van der Waals surface area contributed by atoms with Crippen LogP contribution in [0.15, 0.2) is 24.3 Å². The fourth-order valence-corrected chi connectivity index (χ4v) is 3.61. The number of nitrogens with one attached hydrogen (secondary N) is 1. The summed E-state index contributed by atoms with van der Waals surface area (Å²) in [5, 5.41) is 8.80. The molecule has 1 heterocycles. The molecule has 1 atom stereocenters. The van der Waals surface area contributed by atoms with E-state index in [4.69, 9.17) is 5.11 Å². The van der Waals surface area contributed by atoms with Crippen molar-refractivity contribution in [3.05, 3.63) is 35.4 Å². The number of nitrogens with zero attached hydrogens (tertiary/aromatic N) is 1. The molecule has 0 amide bonds. The molecule has 0 bridgehead atoms. The zero-order valence-corrected chi connectivity index (χ0v) is 12.6. The summed E-state index contributed by atoms with van der Waals surface area (Å²) >= 11 is 0. The number of carbonyl (C=O) groups is 1. The molecule has 0 aromatic heterocycles. The summed E-state index contributed by atoms with van der Waals surface area (Å²) in [6.07, 6.45) is -0.490. The van der Waals surface area contributed by atoms with E-state index in [0.717, 1.165) is 4.31 Å². The number of carboxylic acids is 1. The van der Waals surface area contributed by atoms with E-state index in [0.29, 0.717) is 5.56 Å². The molecule has 1 saturated heterocycles. The first-order chi connectivity index (χ1) is 10.1. The van der Waals surface area contributed by atoms with Gasteiger partial charge >= 0.3 is 5.97 Å². The highest BCUT2D eigenvalue weighted by atomic mass is 32.2. The second-order valence-corrected chi connectivity index (χ2v) is 6.91. The van der Waals surface area contributed by atoms with Crippen molar-refractivity contribution in [3.8, 4) is 0 Å². The van der Waals surface area contributed by atoms with E-state index >= 15 is 0 Å². The van der Waals surface area contributed by atoms with Crippen molar-refractivity contribution in [2.75, 3.05) is 13.1 Å². The predicted octanol–water partition coefficient (Wildman–Crippen LogP) is 1.62. The molecule has 22 heavy (non-hydrogen) atoms. The van der Waals surface area contributed by atoms with Gasteiger partial charge in [0.05, 0.1) is 12.1 Å². The van der Waals surface area contributed by atoms with Gasteiger partial charge in [0.25, 0.3) is 16.1 Å². The maximum Gasteiger partial charge on any atom is 0.335 e. The zero-order chi connectivity index (χ0) is 16.5. The Bertz CT molecular complexity index is 661. The highest BCUT2D eigenvalue weighted by Crippen LogP contribution is 2.28. The molecule has 1 aliphatic rings. The molecular weight excluding hydrogens is 318 g/mol. The summed E-state index contributed by atoms with van der Waals surface area (Å²) in [4.78, 5) is 10.8. The molecule has 0 saturated carbocycles. The summed E-state index contributed by atoms with van der Waals surface area (Å²) in [7, 11) is -4.02. The van der Waals surface area contributed by atoms with Crippen molar-refractivity contribution < 1.29 is 27.1 Å². The van der Waals surface area contributed by atoms with Crippen LogP contribution < -0.4 is 4.72 Å². The number of benzene rings is 1. The maximum absolute atomic E-state index is 13.1. The van der Waals surface area contributed by atoms with E-state index < -0.39 is 41.1 Å². The van der Waals surface area contributed by atoms with Crippen LogP contribution in [0.25, 0.3) is 0 Å². The standard InChI is InChI=1S/C13H16F2N2O4S/c1-9(10-2-4-11(5-3-10)12(18)19)16-22(20,21)17-7-6-13(14,15)8-17/h2-5,9,16H,6-8H2,1H3,(H,18,19)/t9-/m1/s1. The summed E-state index contributed by atoms with van der Waals surface area (Å²) in [5.74, 6) is -4.08. The molecule has 0 spiro atoms. The Morgan fingerprint density at radius 2 is 1.95 bits per heavy atom. The molecule has 1 aromatic carbocycles. The molecule has 0 radical (unpaired) electrons. The molecule has 6 nitrogen and oxygen atoms in total. The van der Waals surface area contributed by atoms with Crippen molar-refractivity contribution in [3.63, 3.8) is 0 Å². The second kappa shape index (κ2) is 5.90. The number of carboxylic acid groups (broad SMARTS) is 1. The normalized spacial score (nSPS) is 20.0. The Hall–Kier alpha value is -1.58. The molecule has 1 fully saturated rings. The fraction of sp³-hybridized carbons (Fsp3) is 0.462. The monoisotopic (exact) mass is 334 g/mol. The van der Waals surface area contributed by atoms with Crippen LogP contribution in [0.5, 0.6) is 0 Å². The first-order valence-electron chi connectivity index (χ1n) is 6.59. The highest BCUT2D eigenvalue weighted by Gasteiger charge is 2.43. The van der Waals surface area contributed by atoms with E-state index in [-0.39, 0.29) is 12.1 Å². The van der Waals surface area contributed by atoms with Crippen LogP contribution in [0.3, 0.4) is 0 Å². The van der Waals surface area contributed by atoms with Crippen molar-refractivity contribution in [1.29, 1.82) is 0 Å². The molecular formula is C13H16F2N2O4S. The Morgan fingerprint density at radius 1 is 1.36 bits per heavy atom. The minimum atomic E-state index is -4.02. The number of hydrogen-bond acceptors (Lipinski definition) is 3. The van der Waals surface area contributed by atoms with E-state index in [9.17, 15) is 22.0 Å². The van der Waals surface area contributed by atoms with Gasteiger partial charge < -0.3 is 5.11 Å². The molecule has 2 N–H and O–H groups in total. The van der Waals surface area contributed by atoms with Gasteiger partial charge in [0, 0.05) is 19.0 Å². The van der Waals surface area contributed by atoms with Gasteiger partial charge in [-0.1, -0.05) is 12.1 Å². The Kier molecular flexibility index (Phi) is 4.50. The van der Waals surface area contributed by atoms with Crippen LogP contribution >= 0.6 is 0 Å². The predicted molar refractivity (Wildman–Crippen MR) is 75.0 cm³/mol. The average molecular weight is 334 g/mol. The third-order valence-corrected chi connectivity index (χ3v) is 5.10. The van der Waals surface area contributed by atoms with E-state index in [1.165, 1.54) is 24.3 Å². The third kappa shape index (κ3) is 3.79. The average Bonchev–Trinajstić information content (AvgIpc) is 2.79. The molecule has 1 aliphatic heterocycles. The van der Waals surface area contributed by atoms with Gasteiger partial charge in [-0.3, -0.25) is 0 Å². The van der Waals surface area contributed by atoms with Gasteiger partial charge in [0.2, 0.25) is 0 Å². The number of hydrogen-bond donors (Lipinski definition) is 2. The van der Waals surface area contributed by atoms with E-state index in [1.807, 2.05) is 0 Å². The van der Waals surface area contributed by atoms with Crippen molar-refractivity contribution >= 4 is 16.2 Å². The SMILES string of the molecule is C[C@@H](NS(=O)(=O)N1CCC(F)(F)C1)c1ccc(C(=O)O)cc1. The number of halogens is 2. The van der Waals surface area contributed by atoms with Crippen LogP contribution in [0, 0.1) is 0 Å². The van der Waals surface area contributed by atoms with Crippen molar-refractivity contribution in [1.82, 2.24) is 9.03 Å². The molecule has 122 valence electrons. The lowest BCUT2D eigenvalue weighted by atomic mass is 10.1. The highest BCUT2D eigenvalue weighted by molar-refractivity contribution is 7.87. The zero-order valence-electron chi connectivity index (χ0n) is 11.8. The first kappa shape index (κ1) is 16.8. The number of aromatic carboxylic acids is 1. The van der Waals surface area contributed by atoms with E-state index in [2.05, 4.69) is 4.72 Å². The quantitative estimate of drug-likeness (QED) is 0.857. The van der Waals surface area contributed by atoms with Gasteiger partial charge in [0.1, 0.15) is 0 Å². The van der Waals surface area contributed by atoms with Gasteiger partial charge in [-0.2, -0.15) is 17.4 Å². The lowest BCUT2D eigenvalue weighted by Gasteiger charge is -2.20. The lowest BCUT2D eigenvalue weighted by molar-refractivity contribution is 0.0182. The molecule has 1 aromatic rings. The summed E-state index contributed by atoms with van der Waals surface area (Å²) in [5.41, 5.74) is 0.623. The first-order valence-corrected chi connectivity index (χ1v) is 8.03. The van der Waals surface area contributed by atoms with Gasteiger partial charge in [-0.25, -0.2) is 13.6 Å². The summed E-state index contributed by atoms with van der Waals surface area (Å²) in [6.45, 7) is 0.502. The third-order valence-electron chi connectivity index (χ3n) is 3.46. The largest absolute Gasteiger partial charge is 0.478 e. The lowest BCUT2D eigenvalue weighted by Crippen LogP contribution is -2.41. The van der Waals surface area contributed by atoms with Gasteiger partial charge in [-0.15, -0.1) is 0 Å². The van der Waals surface area contributed by atoms with Crippen LogP contribution in [0.2, 0.25) is 0 Å². The van der Waals surface area contributed by atoms with Crippen LogP contribution in [0.4, 0.5) is 8.78 Å². The minimum absolute atomic E-state index is 0.0815. The molecule has 0 unspecified atom stereocenters. The van der Waals surface area contributed by atoms with Gasteiger partial charge in [-0.05, 0) is 24.6 Å². The van der Waals surface area contributed by atoms with Crippen LogP contribution in [-0.4, -0.2) is 42.8 Å². The molecule has 9 heteroatoms. The summed E-state index contributed by atoms with van der Waals surface area (Å²) in [6, 6.07) is 5.01. The van der Waals surface area contributed by atoms with E-state index in [1.54, 1.807) is 6.92 Å². The summed E-state index contributed by atoms with van der Waals surface area (Å²) < 4.78 is 53.4. The fourth-order valence-electron chi connectivity index (χ4n) is 2.19. The molecule has 2 rings (SSSR count). The van der Waals surface area contributed by atoms with Crippen molar-refractivity contribution in [2.24, 2.45) is 0 Å². The van der Waals surface area contributed by atoms with Gasteiger partial charge in [0.15, 0.2) is 0 Å².